The molecule has 6 heteroatoms. The fourth-order valence-corrected chi connectivity index (χ4v) is 2.76. The molecular formula is C21H17N3O3. The second-order valence-electron chi connectivity index (χ2n) is 5.90. The van der Waals surface area contributed by atoms with E-state index in [-0.39, 0.29) is 18.2 Å². The summed E-state index contributed by atoms with van der Waals surface area (Å²) in [5.41, 5.74) is 0.206. The number of ether oxygens (including phenoxy) is 1. The van der Waals surface area contributed by atoms with E-state index >= 15 is 0 Å². The number of hydrogen-bond donors (Lipinski definition) is 1. The molecule has 0 fully saturated rings. The molecule has 6 nitrogen and oxygen atoms in total. The molecule has 0 atom stereocenters. The fourth-order valence-electron chi connectivity index (χ4n) is 2.76. The number of oxazole rings is 1. The predicted molar refractivity (Wildman–Crippen MR) is 101 cm³/mol. The van der Waals surface area contributed by atoms with Gasteiger partial charge in [0.05, 0.1) is 0 Å². The van der Waals surface area contributed by atoms with Gasteiger partial charge in [0.1, 0.15) is 24.2 Å². The minimum absolute atomic E-state index is 0.206. The lowest BCUT2D eigenvalue weighted by Crippen LogP contribution is -1.96. The van der Waals surface area contributed by atoms with Crippen LogP contribution in [0.15, 0.2) is 63.4 Å². The summed E-state index contributed by atoms with van der Waals surface area (Å²) in [6, 6.07) is 19.6. The number of fused-ring (bicyclic) bond motifs is 1. The van der Waals surface area contributed by atoms with Gasteiger partial charge in [0.2, 0.25) is 11.6 Å². The van der Waals surface area contributed by atoms with Crippen LogP contribution in [0.1, 0.15) is 18.4 Å². The van der Waals surface area contributed by atoms with E-state index in [1.165, 1.54) is 5.39 Å². The maximum Gasteiger partial charge on any atom is 0.266 e. The Hall–Kier alpha value is -3.72. The normalized spacial score (nSPS) is 10.7. The van der Waals surface area contributed by atoms with E-state index in [0.29, 0.717) is 23.9 Å². The summed E-state index contributed by atoms with van der Waals surface area (Å²) in [4.78, 5) is 4.16. The number of hydrogen-bond acceptors (Lipinski definition) is 6. The van der Waals surface area contributed by atoms with Crippen molar-refractivity contribution in [2.45, 2.75) is 13.5 Å². The van der Waals surface area contributed by atoms with Gasteiger partial charge >= 0.3 is 0 Å². The molecule has 0 amide bonds. The van der Waals surface area contributed by atoms with Crippen molar-refractivity contribution in [1.82, 2.24) is 4.98 Å². The summed E-state index contributed by atoms with van der Waals surface area (Å²) < 4.78 is 17.2. The maximum absolute atomic E-state index is 9.13. The van der Waals surface area contributed by atoms with Crippen molar-refractivity contribution in [3.8, 4) is 23.5 Å². The number of nitrogens with zero attached hydrogens (tertiary/aromatic N) is 2. The molecule has 134 valence electrons. The van der Waals surface area contributed by atoms with Crippen molar-refractivity contribution in [2.75, 3.05) is 11.9 Å². The second-order valence-corrected chi connectivity index (χ2v) is 5.90. The third kappa shape index (κ3) is 3.48. The first-order chi connectivity index (χ1) is 13.3. The van der Waals surface area contributed by atoms with Gasteiger partial charge in [-0.15, -0.1) is 0 Å². The highest BCUT2D eigenvalue weighted by Crippen LogP contribution is 2.27. The zero-order valence-corrected chi connectivity index (χ0v) is 14.7. The molecule has 0 aliphatic heterocycles. The number of nitriles is 1. The van der Waals surface area contributed by atoms with Crippen LogP contribution in [0.5, 0.6) is 5.75 Å². The number of nitrogens with one attached hydrogen (secondary N) is 1. The van der Waals surface area contributed by atoms with E-state index in [9.17, 15) is 0 Å². The lowest BCUT2D eigenvalue weighted by molar-refractivity contribution is 0.271. The molecule has 4 rings (SSSR count). The Kier molecular flexibility index (Phi) is 4.50. The molecule has 2 heterocycles. The van der Waals surface area contributed by atoms with Crippen molar-refractivity contribution in [2.24, 2.45) is 0 Å². The summed E-state index contributed by atoms with van der Waals surface area (Å²) >= 11 is 0. The first-order valence-electron chi connectivity index (χ1n) is 8.62. The first-order valence-corrected chi connectivity index (χ1v) is 8.62. The van der Waals surface area contributed by atoms with Crippen LogP contribution in [0, 0.1) is 11.3 Å². The third-order valence-corrected chi connectivity index (χ3v) is 4.04. The standard InChI is InChI=1S/C21H17N3O3/c1-2-23-20-18(12-22)24-21(27-20)19-10-9-17(26-19)13-25-16-8-7-14-5-3-4-6-15(14)11-16/h3-11,23H,2,13H2,1H3. The Labute approximate surface area is 156 Å². The SMILES string of the molecule is CCNc1oc(-c2ccc(COc3ccc4ccccc4c3)o2)nc1C#N. The largest absolute Gasteiger partial charge is 0.486 e. The number of rotatable bonds is 6. The number of furan rings is 1. The van der Waals surface area contributed by atoms with Gasteiger partial charge in [-0.3, -0.25) is 0 Å². The van der Waals surface area contributed by atoms with Crippen LogP contribution in [-0.4, -0.2) is 11.5 Å². The smallest absolute Gasteiger partial charge is 0.266 e. The van der Waals surface area contributed by atoms with Gasteiger partial charge in [-0.1, -0.05) is 30.3 Å². The average molecular weight is 359 g/mol. The molecule has 0 unspecified atom stereocenters. The minimum atomic E-state index is 0.206. The van der Waals surface area contributed by atoms with Crippen molar-refractivity contribution in [3.05, 3.63) is 66.1 Å². The van der Waals surface area contributed by atoms with Crippen molar-refractivity contribution in [3.63, 3.8) is 0 Å². The van der Waals surface area contributed by atoms with Gasteiger partial charge in [0, 0.05) is 6.54 Å². The van der Waals surface area contributed by atoms with Gasteiger partial charge in [0.25, 0.3) is 5.89 Å². The molecule has 27 heavy (non-hydrogen) atoms. The molecule has 0 bridgehead atoms. The average Bonchev–Trinajstić information content (AvgIpc) is 3.33. The van der Waals surface area contributed by atoms with Crippen LogP contribution < -0.4 is 10.1 Å². The van der Waals surface area contributed by atoms with Crippen LogP contribution >= 0.6 is 0 Å². The summed E-state index contributed by atoms with van der Waals surface area (Å²) in [5.74, 6) is 2.47. The summed E-state index contributed by atoms with van der Waals surface area (Å²) in [6.45, 7) is 2.83. The summed E-state index contributed by atoms with van der Waals surface area (Å²) in [5, 5.41) is 14.4. The maximum atomic E-state index is 9.13. The molecule has 0 saturated heterocycles. The molecule has 0 saturated carbocycles. The second kappa shape index (κ2) is 7.26. The van der Waals surface area contributed by atoms with Gasteiger partial charge in [-0.25, -0.2) is 0 Å². The van der Waals surface area contributed by atoms with Crippen LogP contribution in [0.3, 0.4) is 0 Å². The third-order valence-electron chi connectivity index (χ3n) is 4.04. The number of benzene rings is 2. The van der Waals surface area contributed by atoms with Crippen molar-refractivity contribution >= 4 is 16.7 Å². The first kappa shape index (κ1) is 16.7. The lowest BCUT2D eigenvalue weighted by Gasteiger charge is -2.05. The molecule has 4 aromatic rings. The summed E-state index contributed by atoms with van der Waals surface area (Å²) in [6.07, 6.45) is 0. The Balaban J connectivity index is 1.48. The Bertz CT molecular complexity index is 1120. The highest BCUT2D eigenvalue weighted by Gasteiger charge is 2.17. The molecule has 0 aliphatic rings. The van der Waals surface area contributed by atoms with Crippen LogP contribution in [-0.2, 0) is 6.61 Å². The van der Waals surface area contributed by atoms with E-state index in [0.717, 1.165) is 11.1 Å². The summed E-state index contributed by atoms with van der Waals surface area (Å²) in [7, 11) is 0. The topological polar surface area (TPSA) is 84.2 Å². The van der Waals surface area contributed by atoms with Crippen LogP contribution in [0.25, 0.3) is 22.4 Å². The molecule has 1 N–H and O–H groups in total. The van der Waals surface area contributed by atoms with E-state index in [4.69, 9.17) is 18.8 Å². The Morgan fingerprint density at radius 3 is 2.74 bits per heavy atom. The molecule has 2 aromatic heterocycles. The predicted octanol–water partition coefficient (Wildman–Crippen LogP) is 4.97. The van der Waals surface area contributed by atoms with E-state index in [1.807, 2.05) is 49.4 Å². The van der Waals surface area contributed by atoms with Gasteiger partial charge < -0.3 is 18.9 Å². The highest BCUT2D eigenvalue weighted by molar-refractivity contribution is 5.83. The van der Waals surface area contributed by atoms with Crippen LogP contribution in [0.2, 0.25) is 0 Å². The molecule has 0 spiro atoms. The van der Waals surface area contributed by atoms with Crippen molar-refractivity contribution in [1.29, 1.82) is 5.26 Å². The Morgan fingerprint density at radius 1 is 1.07 bits per heavy atom. The molecular weight excluding hydrogens is 342 g/mol. The van der Waals surface area contributed by atoms with E-state index < -0.39 is 0 Å². The van der Waals surface area contributed by atoms with E-state index in [2.05, 4.69) is 16.4 Å². The minimum Gasteiger partial charge on any atom is -0.486 e. The zero-order chi connectivity index (χ0) is 18.6. The van der Waals surface area contributed by atoms with Crippen LogP contribution in [0.4, 0.5) is 5.88 Å². The molecule has 2 aromatic carbocycles. The monoisotopic (exact) mass is 359 g/mol. The quantitative estimate of drug-likeness (QED) is 0.523. The lowest BCUT2D eigenvalue weighted by atomic mass is 10.1. The number of aromatic nitrogens is 1. The molecule has 0 aliphatic carbocycles. The number of anilines is 1. The molecule has 0 radical (unpaired) electrons. The fraction of sp³-hybridized carbons (Fsp3) is 0.143. The van der Waals surface area contributed by atoms with Crippen molar-refractivity contribution < 1.29 is 13.6 Å². The van der Waals surface area contributed by atoms with Gasteiger partial charge in [0.15, 0.2) is 5.76 Å². The van der Waals surface area contributed by atoms with E-state index in [1.54, 1.807) is 12.1 Å². The zero-order valence-electron chi connectivity index (χ0n) is 14.7. The highest BCUT2D eigenvalue weighted by atomic mass is 16.5. The van der Waals surface area contributed by atoms with Gasteiger partial charge in [-0.05, 0) is 42.0 Å². The Morgan fingerprint density at radius 2 is 1.93 bits per heavy atom. The van der Waals surface area contributed by atoms with Gasteiger partial charge in [-0.2, -0.15) is 10.2 Å².